The van der Waals surface area contributed by atoms with Gasteiger partial charge in [-0.15, -0.1) is 0 Å². The fourth-order valence-electron chi connectivity index (χ4n) is 2.01. The van der Waals surface area contributed by atoms with Crippen molar-refractivity contribution < 1.29 is 23.5 Å². The Labute approximate surface area is 144 Å². The van der Waals surface area contributed by atoms with E-state index >= 15 is 0 Å². The van der Waals surface area contributed by atoms with Gasteiger partial charge in [-0.25, -0.2) is 4.39 Å². The Bertz CT molecular complexity index is 754. The van der Waals surface area contributed by atoms with Crippen molar-refractivity contribution in [3.8, 4) is 0 Å². The van der Waals surface area contributed by atoms with Crippen LogP contribution in [0.1, 0.15) is 28.8 Å². The van der Waals surface area contributed by atoms with Gasteiger partial charge >= 0.3 is 5.97 Å². The number of amides is 1. The van der Waals surface area contributed by atoms with E-state index in [-0.39, 0.29) is 24.3 Å². The van der Waals surface area contributed by atoms with Crippen LogP contribution in [0.15, 0.2) is 48.5 Å². The maximum Gasteiger partial charge on any atom is 0.306 e. The highest BCUT2D eigenvalue weighted by atomic mass is 19.1. The van der Waals surface area contributed by atoms with Gasteiger partial charge in [0, 0.05) is 17.7 Å². The van der Waals surface area contributed by atoms with Crippen LogP contribution in [0.2, 0.25) is 0 Å². The first kappa shape index (κ1) is 18.3. The number of hydrogen-bond acceptors (Lipinski definition) is 4. The number of rotatable bonds is 7. The maximum atomic E-state index is 12.8. The highest BCUT2D eigenvalue weighted by molar-refractivity contribution is 5.98. The number of esters is 1. The molecule has 0 saturated carbocycles. The number of Topliss-reactive ketones (excluding diaryl/α,β-unsaturated/α-hetero) is 1. The largest absolute Gasteiger partial charge is 0.457 e. The van der Waals surface area contributed by atoms with Crippen molar-refractivity contribution in [3.63, 3.8) is 0 Å². The highest BCUT2D eigenvalue weighted by Crippen LogP contribution is 2.09. The summed E-state index contributed by atoms with van der Waals surface area (Å²) >= 11 is 0. The standard InChI is InChI=1S/C19H18FNO4/c1-13-2-8-16(9-3-13)21-18(23)10-11-19(24)25-12-17(22)14-4-6-15(20)7-5-14/h2-9H,10-12H2,1H3,(H,21,23). The normalized spacial score (nSPS) is 10.2. The summed E-state index contributed by atoms with van der Waals surface area (Å²) < 4.78 is 17.6. The summed E-state index contributed by atoms with van der Waals surface area (Å²) in [5, 5.41) is 2.67. The summed E-state index contributed by atoms with van der Waals surface area (Å²) in [6.07, 6.45) is -0.175. The lowest BCUT2D eigenvalue weighted by atomic mass is 10.1. The number of aryl methyl sites for hydroxylation is 1. The molecule has 0 saturated heterocycles. The fourth-order valence-corrected chi connectivity index (χ4v) is 2.01. The van der Waals surface area contributed by atoms with E-state index in [1.54, 1.807) is 12.1 Å². The van der Waals surface area contributed by atoms with Gasteiger partial charge in [0.1, 0.15) is 5.82 Å². The Balaban J connectivity index is 1.71. The number of benzene rings is 2. The first-order chi connectivity index (χ1) is 11.9. The molecule has 0 spiro atoms. The van der Waals surface area contributed by atoms with E-state index in [0.717, 1.165) is 17.7 Å². The molecule has 0 radical (unpaired) electrons. The molecule has 25 heavy (non-hydrogen) atoms. The lowest BCUT2D eigenvalue weighted by Gasteiger charge is -2.06. The lowest BCUT2D eigenvalue weighted by molar-refractivity contribution is -0.143. The van der Waals surface area contributed by atoms with Crippen molar-refractivity contribution in [2.45, 2.75) is 19.8 Å². The molecule has 0 heterocycles. The number of halogens is 1. The van der Waals surface area contributed by atoms with E-state index < -0.39 is 24.2 Å². The van der Waals surface area contributed by atoms with E-state index in [1.165, 1.54) is 12.1 Å². The number of hydrogen-bond donors (Lipinski definition) is 1. The Morgan fingerprint density at radius 3 is 2.24 bits per heavy atom. The molecule has 2 aromatic carbocycles. The molecule has 130 valence electrons. The molecule has 2 aromatic rings. The molecule has 5 nitrogen and oxygen atoms in total. The average Bonchev–Trinajstić information content (AvgIpc) is 2.60. The van der Waals surface area contributed by atoms with Crippen molar-refractivity contribution in [2.24, 2.45) is 0 Å². The predicted octanol–water partition coefficient (Wildman–Crippen LogP) is 3.28. The monoisotopic (exact) mass is 343 g/mol. The molecule has 0 aliphatic carbocycles. The first-order valence-electron chi connectivity index (χ1n) is 7.75. The zero-order chi connectivity index (χ0) is 18.2. The Hall–Kier alpha value is -3.02. The van der Waals surface area contributed by atoms with E-state index in [9.17, 15) is 18.8 Å². The third-order valence-corrected chi connectivity index (χ3v) is 3.42. The first-order valence-corrected chi connectivity index (χ1v) is 7.75. The predicted molar refractivity (Wildman–Crippen MR) is 90.7 cm³/mol. The van der Waals surface area contributed by atoms with Gasteiger partial charge in [-0.05, 0) is 43.3 Å². The van der Waals surface area contributed by atoms with Gasteiger partial charge in [0.2, 0.25) is 5.91 Å². The molecule has 0 unspecified atom stereocenters. The summed E-state index contributed by atoms with van der Waals surface area (Å²) in [5.74, 6) is -1.84. The van der Waals surface area contributed by atoms with Gasteiger partial charge in [0.15, 0.2) is 12.4 Å². The minimum atomic E-state index is -0.644. The molecule has 1 amide bonds. The second-order valence-electron chi connectivity index (χ2n) is 5.50. The molecule has 6 heteroatoms. The van der Waals surface area contributed by atoms with Crippen molar-refractivity contribution in [1.29, 1.82) is 0 Å². The molecule has 0 aromatic heterocycles. The molecule has 0 atom stereocenters. The van der Waals surface area contributed by atoms with E-state index in [1.807, 2.05) is 19.1 Å². The summed E-state index contributed by atoms with van der Waals surface area (Å²) in [4.78, 5) is 35.2. The van der Waals surface area contributed by atoms with Crippen molar-refractivity contribution in [3.05, 3.63) is 65.5 Å². The van der Waals surface area contributed by atoms with Gasteiger partial charge in [0.25, 0.3) is 0 Å². The zero-order valence-electron chi connectivity index (χ0n) is 13.8. The highest BCUT2D eigenvalue weighted by Gasteiger charge is 2.12. The molecule has 2 rings (SSSR count). The van der Waals surface area contributed by atoms with Gasteiger partial charge in [-0.2, -0.15) is 0 Å². The van der Waals surface area contributed by atoms with E-state index in [4.69, 9.17) is 4.74 Å². The minimum Gasteiger partial charge on any atom is -0.457 e. The van der Waals surface area contributed by atoms with Gasteiger partial charge in [0.05, 0.1) is 6.42 Å². The number of ketones is 1. The van der Waals surface area contributed by atoms with Crippen LogP contribution in [0.5, 0.6) is 0 Å². The number of carbonyl (C=O) groups is 3. The minimum absolute atomic E-state index is 0.0442. The second-order valence-corrected chi connectivity index (χ2v) is 5.50. The average molecular weight is 343 g/mol. The van der Waals surface area contributed by atoms with Crippen LogP contribution in [-0.4, -0.2) is 24.3 Å². The van der Waals surface area contributed by atoms with Crippen LogP contribution in [0, 0.1) is 12.7 Å². The van der Waals surface area contributed by atoms with Crippen LogP contribution in [0.3, 0.4) is 0 Å². The zero-order valence-corrected chi connectivity index (χ0v) is 13.8. The molecule has 0 fully saturated rings. The van der Waals surface area contributed by atoms with Crippen LogP contribution in [-0.2, 0) is 14.3 Å². The van der Waals surface area contributed by atoms with Crippen molar-refractivity contribution in [1.82, 2.24) is 0 Å². The number of ether oxygens (including phenoxy) is 1. The summed E-state index contributed by atoms with van der Waals surface area (Å²) in [5.41, 5.74) is 1.98. The maximum absolute atomic E-state index is 12.8. The Kier molecular flexibility index (Phi) is 6.39. The van der Waals surface area contributed by atoms with Crippen molar-refractivity contribution >= 4 is 23.3 Å². The summed E-state index contributed by atoms with van der Waals surface area (Å²) in [6.45, 7) is 1.50. The van der Waals surface area contributed by atoms with Crippen LogP contribution in [0.4, 0.5) is 10.1 Å². The number of nitrogens with one attached hydrogen (secondary N) is 1. The van der Waals surface area contributed by atoms with Crippen molar-refractivity contribution in [2.75, 3.05) is 11.9 Å². The molecular formula is C19H18FNO4. The molecule has 1 N–H and O–H groups in total. The second kappa shape index (κ2) is 8.73. The van der Waals surface area contributed by atoms with Crippen LogP contribution in [0.25, 0.3) is 0 Å². The van der Waals surface area contributed by atoms with Crippen LogP contribution < -0.4 is 5.32 Å². The summed E-state index contributed by atoms with van der Waals surface area (Å²) in [6, 6.07) is 12.2. The fraction of sp³-hybridized carbons (Fsp3) is 0.211. The Morgan fingerprint density at radius 2 is 1.60 bits per heavy atom. The quantitative estimate of drug-likeness (QED) is 0.618. The third-order valence-electron chi connectivity index (χ3n) is 3.42. The molecule has 0 aliphatic heterocycles. The SMILES string of the molecule is Cc1ccc(NC(=O)CCC(=O)OCC(=O)c2ccc(F)cc2)cc1. The summed E-state index contributed by atoms with van der Waals surface area (Å²) in [7, 11) is 0. The van der Waals surface area contributed by atoms with Gasteiger partial charge in [-0.3, -0.25) is 14.4 Å². The molecule has 0 aliphatic rings. The third kappa shape index (κ3) is 6.18. The number of anilines is 1. The van der Waals surface area contributed by atoms with Crippen LogP contribution >= 0.6 is 0 Å². The Morgan fingerprint density at radius 1 is 0.960 bits per heavy atom. The molecule has 0 bridgehead atoms. The molecular weight excluding hydrogens is 325 g/mol. The lowest BCUT2D eigenvalue weighted by Crippen LogP contribution is -2.17. The van der Waals surface area contributed by atoms with E-state index in [0.29, 0.717) is 5.69 Å². The van der Waals surface area contributed by atoms with Gasteiger partial charge < -0.3 is 10.1 Å². The smallest absolute Gasteiger partial charge is 0.306 e. The van der Waals surface area contributed by atoms with E-state index in [2.05, 4.69) is 5.32 Å². The topological polar surface area (TPSA) is 72.5 Å². The number of carbonyl (C=O) groups excluding carboxylic acids is 3. The van der Waals surface area contributed by atoms with Gasteiger partial charge in [-0.1, -0.05) is 17.7 Å².